The lowest BCUT2D eigenvalue weighted by molar-refractivity contribution is 0.0578. The molecular weight excluding hydrogens is 405 g/mol. The van der Waals surface area contributed by atoms with Crippen molar-refractivity contribution in [3.63, 3.8) is 0 Å². The summed E-state index contributed by atoms with van der Waals surface area (Å²) in [6, 6.07) is 10.6. The zero-order valence-electron chi connectivity index (χ0n) is 16.4. The number of fused-ring (bicyclic) bond motifs is 1. The zero-order valence-corrected chi connectivity index (χ0v) is 17.2. The highest BCUT2D eigenvalue weighted by molar-refractivity contribution is 7.71. The molecule has 6 nitrogen and oxygen atoms in total. The first-order valence-corrected chi connectivity index (χ1v) is 10.4. The van der Waals surface area contributed by atoms with E-state index in [1.807, 2.05) is 0 Å². The van der Waals surface area contributed by atoms with E-state index in [1.54, 1.807) is 22.8 Å². The van der Waals surface area contributed by atoms with Crippen LogP contribution in [0, 0.1) is 16.5 Å². The molecule has 0 aliphatic carbocycles. The molecule has 1 atom stereocenters. The summed E-state index contributed by atoms with van der Waals surface area (Å²) in [5.74, 6) is -0.0959. The Hall–Kier alpha value is -2.55. The molecule has 2 aromatic carbocycles. The van der Waals surface area contributed by atoms with Crippen molar-refractivity contribution in [2.75, 3.05) is 19.6 Å². The van der Waals surface area contributed by atoms with Crippen molar-refractivity contribution in [1.82, 2.24) is 14.5 Å². The third-order valence-electron chi connectivity index (χ3n) is 5.90. The number of aliphatic hydroxyl groups is 1. The smallest absolute Gasteiger partial charge is 0.262 e. The maximum Gasteiger partial charge on any atom is 0.262 e. The standard InChI is InChI=1S/C22H24FN3O3S/c23-16-3-1-14(2-4-16)20(28)15-7-9-25(10-8-15)11-12-26-21(29)18-6-5-17(27)13-19(18)24-22(26)30/h1-6,13,15,20,27-28H,7-12H2,(H,24,30)/t20-/m0/s1. The highest BCUT2D eigenvalue weighted by atomic mass is 32.1. The Morgan fingerprint density at radius 2 is 1.83 bits per heavy atom. The van der Waals surface area contributed by atoms with Gasteiger partial charge in [-0.15, -0.1) is 0 Å². The number of aromatic nitrogens is 2. The molecule has 3 aromatic rings. The second-order valence-corrected chi connectivity index (χ2v) is 8.18. The number of benzene rings is 2. The molecule has 4 rings (SSSR count). The summed E-state index contributed by atoms with van der Waals surface area (Å²) < 4.78 is 15.0. The first-order chi connectivity index (χ1) is 14.4. The van der Waals surface area contributed by atoms with E-state index in [2.05, 4.69) is 9.88 Å². The summed E-state index contributed by atoms with van der Waals surface area (Å²) in [5.41, 5.74) is 1.10. The predicted molar refractivity (Wildman–Crippen MR) is 116 cm³/mol. The number of aromatic amines is 1. The highest BCUT2D eigenvalue weighted by Gasteiger charge is 2.26. The summed E-state index contributed by atoms with van der Waals surface area (Å²) in [7, 11) is 0. The Morgan fingerprint density at radius 3 is 2.53 bits per heavy atom. The number of aromatic hydroxyl groups is 1. The van der Waals surface area contributed by atoms with Gasteiger partial charge in [0.2, 0.25) is 0 Å². The van der Waals surface area contributed by atoms with Crippen molar-refractivity contribution in [3.05, 3.63) is 69.0 Å². The van der Waals surface area contributed by atoms with E-state index in [-0.39, 0.29) is 23.0 Å². The predicted octanol–water partition coefficient (Wildman–Crippen LogP) is 3.35. The van der Waals surface area contributed by atoms with Crippen LogP contribution < -0.4 is 5.56 Å². The molecule has 0 bridgehead atoms. The minimum absolute atomic E-state index is 0.0796. The topological polar surface area (TPSA) is 81.5 Å². The Bertz CT molecular complexity index is 1150. The molecule has 1 saturated heterocycles. The average molecular weight is 430 g/mol. The fraction of sp³-hybridized carbons (Fsp3) is 0.364. The number of halogens is 1. The first-order valence-electron chi connectivity index (χ1n) is 10.0. The van der Waals surface area contributed by atoms with Gasteiger partial charge in [-0.1, -0.05) is 12.1 Å². The van der Waals surface area contributed by atoms with Crippen molar-refractivity contribution in [2.24, 2.45) is 5.92 Å². The van der Waals surface area contributed by atoms with Crippen LogP contribution in [-0.2, 0) is 6.54 Å². The van der Waals surface area contributed by atoms with E-state index < -0.39 is 6.10 Å². The first kappa shape index (κ1) is 20.7. The minimum Gasteiger partial charge on any atom is -0.508 e. The number of piperidine rings is 1. The highest BCUT2D eigenvalue weighted by Crippen LogP contribution is 2.30. The maximum absolute atomic E-state index is 13.1. The fourth-order valence-electron chi connectivity index (χ4n) is 4.11. The van der Waals surface area contributed by atoms with Crippen LogP contribution in [0.15, 0.2) is 47.3 Å². The normalized spacial score (nSPS) is 16.7. The van der Waals surface area contributed by atoms with Crippen LogP contribution in [0.4, 0.5) is 4.39 Å². The molecule has 0 spiro atoms. The van der Waals surface area contributed by atoms with Crippen molar-refractivity contribution in [2.45, 2.75) is 25.5 Å². The second kappa shape index (κ2) is 8.67. The molecular formula is C22H24FN3O3S. The van der Waals surface area contributed by atoms with Gasteiger partial charge in [0.25, 0.3) is 5.56 Å². The van der Waals surface area contributed by atoms with Crippen LogP contribution >= 0.6 is 12.2 Å². The summed E-state index contributed by atoms with van der Waals surface area (Å²) in [5, 5.41) is 20.7. The summed E-state index contributed by atoms with van der Waals surface area (Å²) in [6.07, 6.45) is 1.07. The molecule has 158 valence electrons. The summed E-state index contributed by atoms with van der Waals surface area (Å²) in [6.45, 7) is 2.78. The van der Waals surface area contributed by atoms with Crippen LogP contribution in [0.1, 0.15) is 24.5 Å². The largest absolute Gasteiger partial charge is 0.508 e. The van der Waals surface area contributed by atoms with Crippen LogP contribution in [0.2, 0.25) is 0 Å². The van der Waals surface area contributed by atoms with Gasteiger partial charge in [-0.25, -0.2) is 4.39 Å². The SMILES string of the molecule is O=c1c2ccc(O)cc2[nH]c(=S)n1CCN1CCC([C@@H](O)c2ccc(F)cc2)CC1. The number of hydrogen-bond donors (Lipinski definition) is 3. The molecule has 1 aliphatic heterocycles. The van der Waals surface area contributed by atoms with E-state index in [0.29, 0.717) is 28.8 Å². The summed E-state index contributed by atoms with van der Waals surface area (Å²) in [4.78, 5) is 18.0. The number of nitrogens with one attached hydrogen (secondary N) is 1. The lowest BCUT2D eigenvalue weighted by atomic mass is 9.87. The Balaban J connectivity index is 1.38. The second-order valence-electron chi connectivity index (χ2n) is 7.79. The number of aliphatic hydroxyl groups excluding tert-OH is 1. The Labute approximate surface area is 178 Å². The van der Waals surface area contributed by atoms with Gasteiger partial charge in [0.05, 0.1) is 17.0 Å². The van der Waals surface area contributed by atoms with Gasteiger partial charge in [0.15, 0.2) is 4.77 Å². The van der Waals surface area contributed by atoms with E-state index in [9.17, 15) is 19.4 Å². The molecule has 0 amide bonds. The van der Waals surface area contributed by atoms with Gasteiger partial charge in [-0.3, -0.25) is 9.36 Å². The number of likely N-dealkylation sites (tertiary alicyclic amines) is 1. The van der Waals surface area contributed by atoms with Crippen LogP contribution in [0.25, 0.3) is 10.9 Å². The maximum atomic E-state index is 13.1. The van der Waals surface area contributed by atoms with Gasteiger partial charge in [0, 0.05) is 19.2 Å². The number of rotatable bonds is 5. The summed E-state index contributed by atoms with van der Waals surface area (Å²) >= 11 is 5.34. The van der Waals surface area contributed by atoms with Crippen molar-refractivity contribution < 1.29 is 14.6 Å². The van der Waals surface area contributed by atoms with Crippen molar-refractivity contribution in [1.29, 1.82) is 0 Å². The number of hydrogen-bond acceptors (Lipinski definition) is 5. The number of nitrogens with zero attached hydrogens (tertiary/aromatic N) is 2. The van der Waals surface area contributed by atoms with Gasteiger partial charge in [0.1, 0.15) is 11.6 Å². The van der Waals surface area contributed by atoms with Crippen LogP contribution in [0.5, 0.6) is 5.75 Å². The van der Waals surface area contributed by atoms with E-state index >= 15 is 0 Å². The van der Waals surface area contributed by atoms with E-state index in [4.69, 9.17) is 12.2 Å². The number of phenols is 1. The van der Waals surface area contributed by atoms with Gasteiger partial charge in [-0.2, -0.15) is 0 Å². The number of H-pyrrole nitrogens is 1. The third-order valence-corrected chi connectivity index (χ3v) is 6.22. The van der Waals surface area contributed by atoms with Gasteiger partial charge in [-0.05, 0) is 73.9 Å². The molecule has 8 heteroatoms. The lowest BCUT2D eigenvalue weighted by Gasteiger charge is -2.34. The molecule has 30 heavy (non-hydrogen) atoms. The van der Waals surface area contributed by atoms with Crippen molar-refractivity contribution in [3.8, 4) is 5.75 Å². The molecule has 1 fully saturated rings. The molecule has 1 aliphatic rings. The average Bonchev–Trinajstić information content (AvgIpc) is 2.74. The Morgan fingerprint density at radius 1 is 1.13 bits per heavy atom. The van der Waals surface area contributed by atoms with Gasteiger partial charge >= 0.3 is 0 Å². The van der Waals surface area contributed by atoms with E-state index in [0.717, 1.165) is 31.5 Å². The Kier molecular flexibility index (Phi) is 5.99. The lowest BCUT2D eigenvalue weighted by Crippen LogP contribution is -2.38. The fourth-order valence-corrected chi connectivity index (χ4v) is 4.40. The quantitative estimate of drug-likeness (QED) is 0.542. The molecule has 3 N–H and O–H groups in total. The van der Waals surface area contributed by atoms with Crippen LogP contribution in [0.3, 0.4) is 0 Å². The van der Waals surface area contributed by atoms with E-state index in [1.165, 1.54) is 24.3 Å². The molecule has 0 saturated carbocycles. The molecule has 0 unspecified atom stereocenters. The molecule has 0 radical (unpaired) electrons. The van der Waals surface area contributed by atoms with Crippen molar-refractivity contribution >= 4 is 23.1 Å². The molecule has 1 aromatic heterocycles. The minimum atomic E-state index is -0.596. The third kappa shape index (κ3) is 4.30. The zero-order chi connectivity index (χ0) is 21.3. The van der Waals surface area contributed by atoms with Crippen LogP contribution in [-0.4, -0.2) is 44.3 Å². The monoisotopic (exact) mass is 429 g/mol. The molecule has 2 heterocycles. The number of phenolic OH excluding ortho intramolecular Hbond substituents is 1. The van der Waals surface area contributed by atoms with Gasteiger partial charge < -0.3 is 20.1 Å².